The van der Waals surface area contributed by atoms with Gasteiger partial charge >= 0.3 is 0 Å². The fourth-order valence-corrected chi connectivity index (χ4v) is 4.66. The van der Waals surface area contributed by atoms with Crippen LogP contribution in [0.1, 0.15) is 28.5 Å². The molecule has 3 rings (SSSR count). The Balaban J connectivity index is 2.04. The summed E-state index contributed by atoms with van der Waals surface area (Å²) in [5.41, 5.74) is 3.25. The van der Waals surface area contributed by atoms with Gasteiger partial charge in [0.15, 0.2) is 5.78 Å². The lowest BCUT2D eigenvalue weighted by Crippen LogP contribution is -2.50. The zero-order valence-corrected chi connectivity index (χ0v) is 17.1. The van der Waals surface area contributed by atoms with Crippen LogP contribution in [0.25, 0.3) is 0 Å². The maximum Gasteiger partial charge on any atom is 0.239 e. The molecule has 1 aromatic carbocycles. The van der Waals surface area contributed by atoms with Gasteiger partial charge in [-0.05, 0) is 30.7 Å². The fraction of sp³-hybridized carbons (Fsp3) is 0.278. The molecule has 154 valence electrons. The minimum absolute atomic E-state index is 0.0648. The number of rotatable bonds is 4. The molecule has 0 unspecified atom stereocenters. The van der Waals surface area contributed by atoms with Gasteiger partial charge in [-0.1, -0.05) is 17.7 Å². The monoisotopic (exact) mass is 442 g/mol. The highest BCUT2D eigenvalue weighted by atomic mass is 35.5. The van der Waals surface area contributed by atoms with E-state index in [9.17, 15) is 17.6 Å². The van der Waals surface area contributed by atoms with Crippen molar-refractivity contribution in [3.8, 4) is 0 Å². The molecule has 0 fully saturated rings. The van der Waals surface area contributed by atoms with Crippen molar-refractivity contribution in [2.75, 3.05) is 12.8 Å². The van der Waals surface area contributed by atoms with Gasteiger partial charge in [-0.25, -0.2) is 26.5 Å². The Morgan fingerprint density at radius 1 is 1.31 bits per heavy atom. The number of nitrogens with two attached hydrogens (primary N) is 1. The van der Waals surface area contributed by atoms with Crippen LogP contribution < -0.4 is 5.73 Å². The number of carbonyl (C=O) groups is 1. The summed E-state index contributed by atoms with van der Waals surface area (Å²) in [5.74, 6) is -3.61. The largest absolute Gasteiger partial charge is 0.369 e. The van der Waals surface area contributed by atoms with E-state index in [1.807, 2.05) is 0 Å². The maximum absolute atomic E-state index is 15.2. The fourth-order valence-electron chi connectivity index (χ4n) is 3.11. The van der Waals surface area contributed by atoms with Gasteiger partial charge in [-0.15, -0.1) is 0 Å². The van der Waals surface area contributed by atoms with Crippen LogP contribution in [0.2, 0.25) is 5.02 Å². The van der Waals surface area contributed by atoms with E-state index in [0.29, 0.717) is 5.02 Å². The molecule has 0 aliphatic carbocycles. The van der Waals surface area contributed by atoms with Crippen LogP contribution in [-0.2, 0) is 22.0 Å². The number of sulfonamides is 1. The Labute approximate surface area is 171 Å². The van der Waals surface area contributed by atoms with Gasteiger partial charge in [0.05, 0.1) is 16.3 Å². The molecule has 11 heteroatoms. The summed E-state index contributed by atoms with van der Waals surface area (Å²) in [6.07, 6.45) is 0.874. The van der Waals surface area contributed by atoms with Gasteiger partial charge in [-0.2, -0.15) is 0 Å². The molecule has 0 saturated heterocycles. The molecule has 2 heterocycles. The van der Waals surface area contributed by atoms with Crippen LogP contribution in [0.15, 0.2) is 35.5 Å². The number of halogens is 3. The molecule has 0 bridgehead atoms. The number of benzene rings is 1. The van der Waals surface area contributed by atoms with Gasteiger partial charge in [-0.3, -0.25) is 9.78 Å². The zero-order valence-electron chi connectivity index (χ0n) is 15.5. The molecular weight excluding hydrogens is 426 g/mol. The number of aromatic nitrogens is 1. The van der Waals surface area contributed by atoms with Gasteiger partial charge < -0.3 is 5.73 Å². The summed E-state index contributed by atoms with van der Waals surface area (Å²) < 4.78 is 55.2. The van der Waals surface area contributed by atoms with Gasteiger partial charge in [0.2, 0.25) is 16.0 Å². The Bertz CT molecular complexity index is 1120. The van der Waals surface area contributed by atoms with Crippen LogP contribution in [0.4, 0.5) is 8.78 Å². The number of guanidine groups is 1. The summed E-state index contributed by atoms with van der Waals surface area (Å²) in [6, 6.07) is 4.96. The summed E-state index contributed by atoms with van der Waals surface area (Å²) >= 11 is 5.74. The SMILES string of the molecule is CN1C(N)=N[C@](C)(c2c(F)ccc(CC(=O)c3ccc(Cl)cn3)c2F)CS1(=O)=O. The van der Waals surface area contributed by atoms with E-state index in [-0.39, 0.29) is 17.2 Å². The molecule has 29 heavy (non-hydrogen) atoms. The second-order valence-corrected chi connectivity index (χ2v) is 9.26. The average molecular weight is 443 g/mol. The molecule has 0 amide bonds. The second-order valence-electron chi connectivity index (χ2n) is 6.82. The van der Waals surface area contributed by atoms with E-state index in [1.54, 1.807) is 0 Å². The smallest absolute Gasteiger partial charge is 0.239 e. The molecule has 0 spiro atoms. The Kier molecular flexibility index (Phi) is 5.35. The van der Waals surface area contributed by atoms with E-state index >= 15 is 4.39 Å². The first-order chi connectivity index (χ1) is 13.4. The predicted molar refractivity (Wildman–Crippen MR) is 104 cm³/mol. The summed E-state index contributed by atoms with van der Waals surface area (Å²) in [4.78, 5) is 20.3. The van der Waals surface area contributed by atoms with Crippen molar-refractivity contribution in [2.45, 2.75) is 18.9 Å². The average Bonchev–Trinajstić information content (AvgIpc) is 2.62. The van der Waals surface area contributed by atoms with Crippen LogP contribution >= 0.6 is 11.6 Å². The summed E-state index contributed by atoms with van der Waals surface area (Å²) in [6.45, 7) is 1.28. The molecule has 0 radical (unpaired) electrons. The van der Waals surface area contributed by atoms with E-state index < -0.39 is 50.7 Å². The maximum atomic E-state index is 15.2. The van der Waals surface area contributed by atoms with Crippen molar-refractivity contribution in [2.24, 2.45) is 10.7 Å². The lowest BCUT2D eigenvalue weighted by Gasteiger charge is -2.35. The minimum Gasteiger partial charge on any atom is -0.369 e. The molecule has 1 aliphatic rings. The van der Waals surface area contributed by atoms with Crippen LogP contribution in [0, 0.1) is 11.6 Å². The number of Topliss-reactive ketones (excluding diaryl/α,β-unsaturated/α-hetero) is 1. The number of hydrogen-bond donors (Lipinski definition) is 1. The summed E-state index contributed by atoms with van der Waals surface area (Å²) in [7, 11) is -2.73. The molecule has 7 nitrogen and oxygen atoms in total. The van der Waals surface area contributed by atoms with Crippen LogP contribution in [-0.4, -0.2) is 42.3 Å². The Hall–Kier alpha value is -2.59. The molecule has 1 aliphatic heterocycles. The zero-order chi connectivity index (χ0) is 21.6. The van der Waals surface area contributed by atoms with Crippen LogP contribution in [0.3, 0.4) is 0 Å². The third-order valence-corrected chi connectivity index (χ3v) is 6.81. The number of pyridine rings is 1. The van der Waals surface area contributed by atoms with Crippen LogP contribution in [0.5, 0.6) is 0 Å². The first-order valence-corrected chi connectivity index (χ1v) is 10.4. The van der Waals surface area contributed by atoms with Crippen molar-refractivity contribution in [3.63, 3.8) is 0 Å². The molecule has 0 saturated carbocycles. The van der Waals surface area contributed by atoms with Gasteiger partial charge in [0.1, 0.15) is 22.9 Å². The van der Waals surface area contributed by atoms with E-state index in [0.717, 1.165) is 16.4 Å². The molecule has 2 aromatic rings. The Morgan fingerprint density at radius 3 is 2.59 bits per heavy atom. The van der Waals surface area contributed by atoms with Crippen molar-refractivity contribution in [1.82, 2.24) is 9.29 Å². The standard InChI is InChI=1S/C18H17ClF2N4O3S/c1-18(9-29(27,28)25(2)17(22)24-18)15-12(20)5-3-10(16(15)21)7-14(26)13-6-4-11(19)8-23-13/h3-6,8H,7,9H2,1-2H3,(H2,22,24)/t18-/m0/s1. The lowest BCUT2D eigenvalue weighted by atomic mass is 9.90. The normalized spacial score (nSPS) is 21.0. The topological polar surface area (TPSA) is 106 Å². The molecule has 1 aromatic heterocycles. The van der Waals surface area contributed by atoms with Crippen molar-refractivity contribution >= 4 is 33.4 Å². The number of carbonyl (C=O) groups excluding carboxylic acids is 1. The summed E-state index contributed by atoms with van der Waals surface area (Å²) in [5, 5.41) is 0.337. The number of aliphatic imine (C=N–C) groups is 1. The van der Waals surface area contributed by atoms with E-state index in [1.165, 1.54) is 32.3 Å². The number of nitrogens with zero attached hydrogens (tertiary/aromatic N) is 3. The van der Waals surface area contributed by atoms with Crippen molar-refractivity contribution in [1.29, 1.82) is 0 Å². The molecule has 2 N–H and O–H groups in total. The number of hydrogen-bond acceptors (Lipinski definition) is 6. The van der Waals surface area contributed by atoms with Crippen molar-refractivity contribution in [3.05, 3.63) is 63.9 Å². The predicted octanol–water partition coefficient (Wildman–Crippen LogP) is 2.24. The second kappa shape index (κ2) is 7.34. The van der Waals surface area contributed by atoms with Crippen molar-refractivity contribution < 1.29 is 22.0 Å². The highest BCUT2D eigenvalue weighted by Gasteiger charge is 2.43. The highest BCUT2D eigenvalue weighted by molar-refractivity contribution is 7.89. The minimum atomic E-state index is -3.93. The first-order valence-electron chi connectivity index (χ1n) is 8.38. The first kappa shape index (κ1) is 21.1. The van der Waals surface area contributed by atoms with E-state index in [2.05, 4.69) is 9.98 Å². The Morgan fingerprint density at radius 2 is 2.00 bits per heavy atom. The van der Waals surface area contributed by atoms with E-state index in [4.69, 9.17) is 17.3 Å². The lowest BCUT2D eigenvalue weighted by molar-refractivity contribution is 0.0987. The molecule has 1 atom stereocenters. The van der Waals surface area contributed by atoms with Gasteiger partial charge in [0, 0.05) is 19.7 Å². The quantitative estimate of drug-likeness (QED) is 0.731. The highest BCUT2D eigenvalue weighted by Crippen LogP contribution is 2.36. The number of ketones is 1. The van der Waals surface area contributed by atoms with Gasteiger partial charge in [0.25, 0.3) is 0 Å². The third-order valence-electron chi connectivity index (χ3n) is 4.64. The third kappa shape index (κ3) is 3.95. The molecular formula is C18H17ClF2N4O3S.